The molecule has 2 heterocycles. The van der Waals surface area contributed by atoms with Crippen molar-refractivity contribution in [1.29, 1.82) is 0 Å². The molecule has 0 saturated carbocycles. The van der Waals surface area contributed by atoms with Gasteiger partial charge < -0.3 is 5.73 Å². The zero-order chi connectivity index (χ0) is 17.3. The molecule has 0 radical (unpaired) electrons. The molecule has 0 amide bonds. The van der Waals surface area contributed by atoms with Crippen molar-refractivity contribution in [2.24, 2.45) is 5.73 Å². The Hall–Kier alpha value is -1.94. The Morgan fingerprint density at radius 3 is 1.92 bits per heavy atom. The lowest BCUT2D eigenvalue weighted by Crippen LogP contribution is -2.15. The molecule has 0 aliphatic carbocycles. The van der Waals surface area contributed by atoms with Crippen molar-refractivity contribution in [2.45, 2.75) is 25.3 Å². The van der Waals surface area contributed by atoms with Crippen LogP contribution in [-0.4, -0.2) is 21.1 Å². The molecule has 4 nitrogen and oxygen atoms in total. The number of aromatic nitrogens is 3. The highest BCUT2D eigenvalue weighted by atomic mass is 35.5. The van der Waals surface area contributed by atoms with Crippen molar-refractivity contribution >= 4 is 12.4 Å². The maximum Gasteiger partial charge on any atom is 0.451 e. The van der Waals surface area contributed by atoms with Crippen LogP contribution < -0.4 is 5.73 Å². The summed E-state index contributed by atoms with van der Waals surface area (Å²) in [5.41, 5.74) is 5.83. The van der Waals surface area contributed by atoms with Crippen molar-refractivity contribution in [3.05, 3.63) is 41.6 Å². The first-order valence-corrected chi connectivity index (χ1v) is 6.24. The van der Waals surface area contributed by atoms with Gasteiger partial charge in [0.05, 0.1) is 12.1 Å². The molecule has 0 aliphatic rings. The Morgan fingerprint density at radius 2 is 1.46 bits per heavy atom. The number of rotatable bonds is 3. The number of halogens is 7. The molecule has 2 rings (SSSR count). The molecule has 24 heavy (non-hydrogen) atoms. The van der Waals surface area contributed by atoms with Gasteiger partial charge in [-0.1, -0.05) is 0 Å². The van der Waals surface area contributed by atoms with Gasteiger partial charge in [0.25, 0.3) is 0 Å². The summed E-state index contributed by atoms with van der Waals surface area (Å²) in [6.45, 7) is -0.164. The maximum absolute atomic E-state index is 12.4. The Bertz CT molecular complexity index is 684. The van der Waals surface area contributed by atoms with Gasteiger partial charge in [0, 0.05) is 30.7 Å². The second kappa shape index (κ2) is 7.31. The van der Waals surface area contributed by atoms with Crippen LogP contribution in [-0.2, 0) is 19.1 Å². The minimum absolute atomic E-state index is 0. The molecule has 2 aromatic heterocycles. The van der Waals surface area contributed by atoms with Crippen LogP contribution in [0.1, 0.15) is 17.0 Å². The molecule has 132 valence electrons. The van der Waals surface area contributed by atoms with Gasteiger partial charge >= 0.3 is 12.4 Å². The van der Waals surface area contributed by atoms with E-state index in [0.717, 1.165) is 18.6 Å². The monoisotopic (exact) mass is 372 g/mol. The van der Waals surface area contributed by atoms with E-state index in [1.807, 2.05) is 0 Å². The highest BCUT2D eigenvalue weighted by Gasteiger charge is 2.34. The van der Waals surface area contributed by atoms with Gasteiger partial charge in [-0.25, -0.2) is 9.97 Å². The first kappa shape index (κ1) is 20.1. The fourth-order valence-electron chi connectivity index (χ4n) is 1.86. The van der Waals surface area contributed by atoms with Gasteiger partial charge in [-0.3, -0.25) is 4.98 Å². The molecule has 0 aliphatic heterocycles. The minimum atomic E-state index is -4.68. The normalized spacial score (nSPS) is 12.0. The number of hydrogen-bond acceptors (Lipinski definition) is 4. The number of hydrogen-bond donors (Lipinski definition) is 1. The molecule has 0 bridgehead atoms. The number of nitrogens with zero attached hydrogens (tertiary/aromatic N) is 3. The number of alkyl halides is 6. The van der Waals surface area contributed by atoms with Crippen LogP contribution in [0.4, 0.5) is 26.3 Å². The molecule has 11 heteroatoms. The molecule has 0 aromatic carbocycles. The van der Waals surface area contributed by atoms with Crippen molar-refractivity contribution in [3.63, 3.8) is 0 Å². The molecule has 0 spiro atoms. The lowest BCUT2D eigenvalue weighted by molar-refractivity contribution is -0.145. The van der Waals surface area contributed by atoms with E-state index in [0.29, 0.717) is 0 Å². The van der Waals surface area contributed by atoms with Crippen LogP contribution in [0.3, 0.4) is 0 Å². The molecular weight excluding hydrogens is 362 g/mol. The van der Waals surface area contributed by atoms with Crippen molar-refractivity contribution < 1.29 is 26.3 Å². The average Bonchev–Trinajstić information content (AvgIpc) is 2.45. The van der Waals surface area contributed by atoms with Gasteiger partial charge in [0.1, 0.15) is 0 Å². The van der Waals surface area contributed by atoms with E-state index in [1.165, 1.54) is 6.07 Å². The van der Waals surface area contributed by atoms with Crippen molar-refractivity contribution in [1.82, 2.24) is 15.0 Å². The first-order chi connectivity index (χ1) is 10.6. The van der Waals surface area contributed by atoms with E-state index in [2.05, 4.69) is 15.0 Å². The predicted molar refractivity (Wildman–Crippen MR) is 75.2 cm³/mol. The lowest BCUT2D eigenvalue weighted by Gasteiger charge is -2.12. The predicted octanol–water partition coefficient (Wildman–Crippen LogP) is 3.54. The van der Waals surface area contributed by atoms with E-state index in [1.54, 1.807) is 0 Å². The van der Waals surface area contributed by atoms with E-state index in [4.69, 9.17) is 5.73 Å². The lowest BCUT2D eigenvalue weighted by atomic mass is 10.0. The Kier molecular flexibility index (Phi) is 6.12. The number of nitrogens with two attached hydrogens (primary N) is 1. The molecule has 0 fully saturated rings. The molecule has 0 atom stereocenters. The van der Waals surface area contributed by atoms with E-state index in [9.17, 15) is 26.3 Å². The summed E-state index contributed by atoms with van der Waals surface area (Å²) in [6, 6.07) is 1.28. The zero-order valence-corrected chi connectivity index (χ0v) is 12.6. The number of pyridine rings is 1. The Labute approximate surface area is 138 Å². The summed E-state index contributed by atoms with van der Waals surface area (Å²) >= 11 is 0. The quantitative estimate of drug-likeness (QED) is 0.837. The highest BCUT2D eigenvalue weighted by molar-refractivity contribution is 5.85. The van der Waals surface area contributed by atoms with E-state index in [-0.39, 0.29) is 41.3 Å². The summed E-state index contributed by atoms with van der Waals surface area (Å²) < 4.78 is 74.5. The zero-order valence-electron chi connectivity index (χ0n) is 11.8. The SMILES string of the molecule is Cl.NCc1cc(-c2cnc(C(F)(F)F)nc2)ncc1CC(F)(F)F. The average molecular weight is 373 g/mol. The summed E-state index contributed by atoms with van der Waals surface area (Å²) in [4.78, 5) is 10.2. The molecular formula is C13H11ClF6N4. The third-order valence-corrected chi connectivity index (χ3v) is 2.89. The fraction of sp³-hybridized carbons (Fsp3) is 0.308. The third kappa shape index (κ3) is 5.03. The van der Waals surface area contributed by atoms with E-state index < -0.39 is 24.6 Å². The minimum Gasteiger partial charge on any atom is -0.326 e. The molecule has 0 saturated heterocycles. The Morgan fingerprint density at radius 1 is 0.875 bits per heavy atom. The molecule has 0 unspecified atom stereocenters. The molecule has 2 N–H and O–H groups in total. The summed E-state index contributed by atoms with van der Waals surface area (Å²) in [5, 5.41) is 0. The largest absolute Gasteiger partial charge is 0.451 e. The highest BCUT2D eigenvalue weighted by Crippen LogP contribution is 2.28. The topological polar surface area (TPSA) is 64.7 Å². The standard InChI is InChI=1S/C13H10F6N4.ClH/c14-12(15,16)2-8-4-21-10(1-7(8)3-20)9-5-22-11(23-6-9)13(17,18)19;/h1,4-6H,2-3,20H2;1H. The third-order valence-electron chi connectivity index (χ3n) is 2.89. The first-order valence-electron chi connectivity index (χ1n) is 6.24. The van der Waals surface area contributed by atoms with Gasteiger partial charge in [-0.15, -0.1) is 12.4 Å². The van der Waals surface area contributed by atoms with Crippen LogP contribution in [0, 0.1) is 0 Å². The summed E-state index contributed by atoms with van der Waals surface area (Å²) in [7, 11) is 0. The van der Waals surface area contributed by atoms with Crippen molar-refractivity contribution in [3.8, 4) is 11.3 Å². The maximum atomic E-state index is 12.4. The van der Waals surface area contributed by atoms with Gasteiger partial charge in [-0.2, -0.15) is 26.3 Å². The van der Waals surface area contributed by atoms with Gasteiger partial charge in [0.15, 0.2) is 0 Å². The van der Waals surface area contributed by atoms with Crippen molar-refractivity contribution in [2.75, 3.05) is 0 Å². The van der Waals surface area contributed by atoms with Crippen LogP contribution >= 0.6 is 12.4 Å². The molecule has 2 aromatic rings. The fourth-order valence-corrected chi connectivity index (χ4v) is 1.86. The summed E-state index contributed by atoms with van der Waals surface area (Å²) in [6.07, 6.45) is -7.46. The second-order valence-electron chi connectivity index (χ2n) is 4.63. The van der Waals surface area contributed by atoms with Gasteiger partial charge in [-0.05, 0) is 17.2 Å². The summed E-state index contributed by atoms with van der Waals surface area (Å²) in [5.74, 6) is -1.31. The van der Waals surface area contributed by atoms with Crippen LogP contribution in [0.15, 0.2) is 24.7 Å². The van der Waals surface area contributed by atoms with Crippen LogP contribution in [0.5, 0.6) is 0 Å². The van der Waals surface area contributed by atoms with Gasteiger partial charge in [0.2, 0.25) is 5.82 Å². The smallest absolute Gasteiger partial charge is 0.326 e. The van der Waals surface area contributed by atoms with Crippen LogP contribution in [0.25, 0.3) is 11.3 Å². The van der Waals surface area contributed by atoms with Crippen LogP contribution in [0.2, 0.25) is 0 Å². The Balaban J connectivity index is 0.00000288. The van der Waals surface area contributed by atoms with E-state index >= 15 is 0 Å². The second-order valence-corrected chi connectivity index (χ2v) is 4.63.